The molecule has 0 N–H and O–H groups in total. The highest BCUT2D eigenvalue weighted by atomic mass is 35.5. The third kappa shape index (κ3) is 2.60. The van der Waals surface area contributed by atoms with Crippen LogP contribution in [0.5, 0.6) is 0 Å². The van der Waals surface area contributed by atoms with E-state index < -0.39 is 4.92 Å². The Morgan fingerprint density at radius 2 is 2.11 bits per heavy atom. The summed E-state index contributed by atoms with van der Waals surface area (Å²) >= 11 is 12.9. The van der Waals surface area contributed by atoms with Crippen molar-refractivity contribution in [2.45, 2.75) is 9.92 Å². The van der Waals surface area contributed by atoms with Gasteiger partial charge in [0.05, 0.1) is 10.0 Å². The summed E-state index contributed by atoms with van der Waals surface area (Å²) in [5, 5.41) is 12.1. The fourth-order valence-corrected chi connectivity index (χ4v) is 2.61. The van der Waals surface area contributed by atoms with E-state index in [0.29, 0.717) is 15.1 Å². The fraction of sp³-hybridized carbons (Fsp3) is 0.100. The summed E-state index contributed by atoms with van der Waals surface area (Å²) in [5.74, 6) is -0.173. The van der Waals surface area contributed by atoms with Crippen molar-refractivity contribution in [3.05, 3.63) is 44.7 Å². The van der Waals surface area contributed by atoms with Gasteiger partial charge in [-0.2, -0.15) is 0 Å². The minimum Gasteiger partial charge on any atom is -0.358 e. The molecule has 0 amide bonds. The summed E-state index contributed by atoms with van der Waals surface area (Å²) in [6.07, 6.45) is 1.40. The average molecular weight is 304 g/mol. The van der Waals surface area contributed by atoms with Crippen molar-refractivity contribution in [3.63, 3.8) is 0 Å². The van der Waals surface area contributed by atoms with Crippen molar-refractivity contribution in [1.29, 1.82) is 0 Å². The number of aryl methyl sites for hydroxylation is 1. The molecule has 8 heteroatoms. The normalized spacial score (nSPS) is 10.6. The lowest BCUT2D eigenvalue weighted by Gasteiger charge is -2.03. The minimum absolute atomic E-state index is 0.173. The summed E-state index contributed by atoms with van der Waals surface area (Å²) in [6.45, 7) is 0. The molecule has 0 aliphatic rings. The Kier molecular flexibility index (Phi) is 3.79. The van der Waals surface area contributed by atoms with E-state index in [9.17, 15) is 10.1 Å². The number of nitrogens with zero attached hydrogens (tertiary/aromatic N) is 3. The first-order valence-corrected chi connectivity index (χ1v) is 6.35. The number of imidazole rings is 1. The third-order valence-corrected chi connectivity index (χ3v) is 4.04. The molecule has 1 aromatic heterocycles. The molecule has 0 spiro atoms. The molecular formula is C10H7Cl2N3O2S. The van der Waals surface area contributed by atoms with Crippen LogP contribution in [0.15, 0.2) is 34.4 Å². The molecule has 0 saturated carbocycles. The lowest BCUT2D eigenvalue weighted by Crippen LogP contribution is -1.93. The molecule has 0 aliphatic heterocycles. The van der Waals surface area contributed by atoms with E-state index >= 15 is 0 Å². The minimum atomic E-state index is -0.514. The Morgan fingerprint density at radius 1 is 1.39 bits per heavy atom. The van der Waals surface area contributed by atoms with Gasteiger partial charge in [-0.1, -0.05) is 35.0 Å². The first-order chi connectivity index (χ1) is 8.49. The molecule has 0 aliphatic carbocycles. The van der Waals surface area contributed by atoms with Crippen molar-refractivity contribution >= 4 is 40.8 Å². The molecule has 0 atom stereocenters. The molecule has 2 aromatic rings. The maximum atomic E-state index is 10.8. The highest BCUT2D eigenvalue weighted by Gasteiger charge is 2.21. The Labute approximate surface area is 117 Å². The summed E-state index contributed by atoms with van der Waals surface area (Å²) in [4.78, 5) is 14.8. The van der Waals surface area contributed by atoms with Crippen molar-refractivity contribution in [3.8, 4) is 0 Å². The van der Waals surface area contributed by atoms with E-state index in [0.717, 1.165) is 4.90 Å². The molecule has 94 valence electrons. The number of rotatable bonds is 3. The lowest BCUT2D eigenvalue weighted by atomic mass is 10.4. The predicted octanol–water partition coefficient (Wildman–Crippen LogP) is 3.79. The molecule has 0 unspecified atom stereocenters. The quantitative estimate of drug-likeness (QED) is 0.639. The monoisotopic (exact) mass is 303 g/mol. The molecule has 18 heavy (non-hydrogen) atoms. The predicted molar refractivity (Wildman–Crippen MR) is 70.4 cm³/mol. The van der Waals surface area contributed by atoms with Crippen LogP contribution in [0.2, 0.25) is 10.0 Å². The Morgan fingerprint density at radius 3 is 2.72 bits per heavy atom. The van der Waals surface area contributed by atoms with Crippen LogP contribution in [0.3, 0.4) is 0 Å². The van der Waals surface area contributed by atoms with E-state index in [2.05, 4.69) is 4.98 Å². The fourth-order valence-electron chi connectivity index (χ4n) is 1.30. The first-order valence-electron chi connectivity index (χ1n) is 4.77. The average Bonchev–Trinajstić information content (AvgIpc) is 2.66. The van der Waals surface area contributed by atoms with Crippen LogP contribution in [-0.2, 0) is 7.05 Å². The van der Waals surface area contributed by atoms with E-state index in [1.807, 2.05) is 0 Å². The zero-order chi connectivity index (χ0) is 13.3. The Hall–Kier alpha value is -1.24. The van der Waals surface area contributed by atoms with Gasteiger partial charge in [0.1, 0.15) is 0 Å². The number of hydrogen-bond acceptors (Lipinski definition) is 4. The number of halogens is 2. The topological polar surface area (TPSA) is 61.0 Å². The van der Waals surface area contributed by atoms with Gasteiger partial charge >= 0.3 is 5.82 Å². The molecule has 0 fully saturated rings. The summed E-state index contributed by atoms with van der Waals surface area (Å²) in [6, 6.07) is 5.05. The maximum absolute atomic E-state index is 10.8. The van der Waals surface area contributed by atoms with Gasteiger partial charge in [-0.15, -0.1) is 0 Å². The molecule has 1 heterocycles. The van der Waals surface area contributed by atoms with E-state index in [1.165, 1.54) is 18.1 Å². The van der Waals surface area contributed by atoms with Gasteiger partial charge in [0.25, 0.3) is 0 Å². The molecule has 2 rings (SSSR count). The van der Waals surface area contributed by atoms with Crippen molar-refractivity contribution in [2.24, 2.45) is 7.05 Å². The van der Waals surface area contributed by atoms with Crippen molar-refractivity contribution in [1.82, 2.24) is 9.55 Å². The van der Waals surface area contributed by atoms with Gasteiger partial charge in [0.15, 0.2) is 5.03 Å². The van der Waals surface area contributed by atoms with Crippen LogP contribution < -0.4 is 0 Å². The van der Waals surface area contributed by atoms with E-state index in [-0.39, 0.29) is 5.82 Å². The van der Waals surface area contributed by atoms with Gasteiger partial charge in [0.2, 0.25) is 6.33 Å². The van der Waals surface area contributed by atoms with Crippen LogP contribution in [0.4, 0.5) is 5.82 Å². The summed E-state index contributed by atoms with van der Waals surface area (Å²) in [5.41, 5.74) is 0. The lowest BCUT2D eigenvalue weighted by molar-refractivity contribution is -0.392. The molecule has 0 saturated heterocycles. The highest BCUT2D eigenvalue weighted by molar-refractivity contribution is 7.99. The van der Waals surface area contributed by atoms with Crippen LogP contribution in [0, 0.1) is 10.1 Å². The van der Waals surface area contributed by atoms with E-state index in [1.54, 1.807) is 29.8 Å². The Balaban J connectivity index is 2.36. The van der Waals surface area contributed by atoms with Crippen LogP contribution >= 0.6 is 35.0 Å². The highest BCUT2D eigenvalue weighted by Crippen LogP contribution is 2.36. The van der Waals surface area contributed by atoms with Crippen LogP contribution in [0.1, 0.15) is 0 Å². The van der Waals surface area contributed by atoms with Gasteiger partial charge in [0, 0.05) is 11.9 Å². The SMILES string of the molecule is Cn1cnc([N+](=O)[O-])c1Sc1ccc(Cl)c(Cl)c1. The van der Waals surface area contributed by atoms with Gasteiger partial charge in [-0.25, -0.2) is 0 Å². The number of nitro groups is 1. The van der Waals surface area contributed by atoms with Gasteiger partial charge < -0.3 is 14.7 Å². The molecule has 5 nitrogen and oxygen atoms in total. The maximum Gasteiger partial charge on any atom is 0.396 e. The summed E-state index contributed by atoms with van der Waals surface area (Å²) < 4.78 is 1.59. The second-order valence-electron chi connectivity index (χ2n) is 3.42. The smallest absolute Gasteiger partial charge is 0.358 e. The second-order valence-corrected chi connectivity index (χ2v) is 5.30. The number of hydrogen-bond donors (Lipinski definition) is 0. The summed E-state index contributed by atoms with van der Waals surface area (Å²) in [7, 11) is 1.69. The van der Waals surface area contributed by atoms with Crippen molar-refractivity contribution < 1.29 is 4.92 Å². The molecule has 0 bridgehead atoms. The van der Waals surface area contributed by atoms with Gasteiger partial charge in [-0.05, 0) is 28.1 Å². The van der Waals surface area contributed by atoms with Gasteiger partial charge in [-0.3, -0.25) is 0 Å². The van der Waals surface area contributed by atoms with E-state index in [4.69, 9.17) is 23.2 Å². The Bertz CT molecular complexity index is 615. The zero-order valence-corrected chi connectivity index (χ0v) is 11.5. The van der Waals surface area contributed by atoms with Crippen molar-refractivity contribution in [2.75, 3.05) is 0 Å². The standard InChI is InChI=1S/C10H7Cl2N3O2S/c1-14-5-13-9(15(16)17)10(14)18-6-2-3-7(11)8(12)4-6/h2-5H,1H3. The molecule has 1 aromatic carbocycles. The van der Waals surface area contributed by atoms with Crippen LogP contribution in [0.25, 0.3) is 0 Å². The first kappa shape index (κ1) is 13.2. The number of aromatic nitrogens is 2. The third-order valence-electron chi connectivity index (χ3n) is 2.14. The zero-order valence-electron chi connectivity index (χ0n) is 9.13. The van der Waals surface area contributed by atoms with Crippen LogP contribution in [-0.4, -0.2) is 14.5 Å². The molecular weight excluding hydrogens is 297 g/mol. The number of benzene rings is 1. The largest absolute Gasteiger partial charge is 0.396 e. The molecule has 0 radical (unpaired) electrons. The second kappa shape index (κ2) is 5.17.